The number of carbonyl (C=O) groups is 1. The van der Waals surface area contributed by atoms with Gasteiger partial charge >= 0.3 is 5.97 Å². The highest BCUT2D eigenvalue weighted by atomic mass is 16.5. The standard InChI is InChI=1S/C17H19NO4/c1-5-8-21-15-7-6-13(10-16(15)20-4)9-14(11-18)17(19)22-12(2)3/h5-7,9-10,12H,1,8H2,2-4H3/b14-9-. The number of methoxy groups -OCH3 is 1. The molecule has 116 valence electrons. The highest BCUT2D eigenvalue weighted by Crippen LogP contribution is 2.29. The lowest BCUT2D eigenvalue weighted by Crippen LogP contribution is -2.12. The molecule has 1 rings (SSSR count). The van der Waals surface area contributed by atoms with Crippen molar-refractivity contribution in [1.82, 2.24) is 0 Å². The SMILES string of the molecule is C=CCOc1ccc(/C=C(/C#N)C(=O)OC(C)C)cc1OC. The van der Waals surface area contributed by atoms with Crippen molar-refractivity contribution in [2.75, 3.05) is 13.7 Å². The van der Waals surface area contributed by atoms with Gasteiger partial charge in [0.15, 0.2) is 11.5 Å². The molecule has 5 nitrogen and oxygen atoms in total. The average Bonchev–Trinajstić information content (AvgIpc) is 2.50. The number of nitrogens with zero attached hydrogens (tertiary/aromatic N) is 1. The number of rotatable bonds is 7. The molecule has 0 aliphatic carbocycles. The van der Waals surface area contributed by atoms with Crippen LogP contribution in [0.5, 0.6) is 11.5 Å². The minimum Gasteiger partial charge on any atom is -0.493 e. The number of benzene rings is 1. The van der Waals surface area contributed by atoms with Crippen molar-refractivity contribution in [3.63, 3.8) is 0 Å². The van der Waals surface area contributed by atoms with Gasteiger partial charge in [0, 0.05) is 0 Å². The molecular formula is C17H19NO4. The molecule has 0 aliphatic heterocycles. The molecule has 22 heavy (non-hydrogen) atoms. The van der Waals surface area contributed by atoms with Crippen LogP contribution in [0.4, 0.5) is 0 Å². The van der Waals surface area contributed by atoms with Gasteiger partial charge in [0.25, 0.3) is 0 Å². The van der Waals surface area contributed by atoms with E-state index in [-0.39, 0.29) is 11.7 Å². The monoisotopic (exact) mass is 301 g/mol. The van der Waals surface area contributed by atoms with Gasteiger partial charge in [-0.2, -0.15) is 5.26 Å². The summed E-state index contributed by atoms with van der Waals surface area (Å²) in [6, 6.07) is 6.95. The van der Waals surface area contributed by atoms with Crippen LogP contribution in [0, 0.1) is 11.3 Å². The van der Waals surface area contributed by atoms with Crippen molar-refractivity contribution in [3.05, 3.63) is 42.0 Å². The van der Waals surface area contributed by atoms with E-state index in [9.17, 15) is 4.79 Å². The molecule has 0 spiro atoms. The number of esters is 1. The Hall–Kier alpha value is -2.74. The molecule has 0 heterocycles. The van der Waals surface area contributed by atoms with E-state index >= 15 is 0 Å². The number of ether oxygens (including phenoxy) is 3. The second-order valence-electron chi connectivity index (χ2n) is 4.63. The van der Waals surface area contributed by atoms with E-state index in [1.54, 1.807) is 38.1 Å². The van der Waals surface area contributed by atoms with E-state index < -0.39 is 5.97 Å². The number of hydrogen-bond donors (Lipinski definition) is 0. The van der Waals surface area contributed by atoms with E-state index in [0.29, 0.717) is 23.7 Å². The van der Waals surface area contributed by atoms with Gasteiger partial charge in [-0.25, -0.2) is 4.79 Å². The van der Waals surface area contributed by atoms with Crippen LogP contribution in [0.25, 0.3) is 6.08 Å². The zero-order valence-corrected chi connectivity index (χ0v) is 13.0. The van der Waals surface area contributed by atoms with E-state index in [0.717, 1.165) is 0 Å². The zero-order chi connectivity index (χ0) is 16.5. The molecule has 0 fully saturated rings. The maximum Gasteiger partial charge on any atom is 0.349 e. The van der Waals surface area contributed by atoms with Gasteiger partial charge in [0.2, 0.25) is 0 Å². The average molecular weight is 301 g/mol. The van der Waals surface area contributed by atoms with Gasteiger partial charge in [0.05, 0.1) is 13.2 Å². The van der Waals surface area contributed by atoms with Crippen molar-refractivity contribution in [1.29, 1.82) is 5.26 Å². The second-order valence-corrected chi connectivity index (χ2v) is 4.63. The quantitative estimate of drug-likeness (QED) is 0.335. The van der Waals surface area contributed by atoms with Gasteiger partial charge in [-0.05, 0) is 37.6 Å². The fourth-order valence-corrected chi connectivity index (χ4v) is 1.62. The lowest BCUT2D eigenvalue weighted by atomic mass is 10.1. The van der Waals surface area contributed by atoms with Crippen molar-refractivity contribution < 1.29 is 19.0 Å². The minimum atomic E-state index is -0.650. The molecule has 0 radical (unpaired) electrons. The summed E-state index contributed by atoms with van der Waals surface area (Å²) in [6.45, 7) is 7.38. The molecule has 1 aromatic carbocycles. The van der Waals surface area contributed by atoms with Gasteiger partial charge in [-0.15, -0.1) is 0 Å². The van der Waals surface area contributed by atoms with E-state index in [4.69, 9.17) is 19.5 Å². The summed E-state index contributed by atoms with van der Waals surface area (Å²) in [5.41, 5.74) is 0.565. The summed E-state index contributed by atoms with van der Waals surface area (Å²) in [7, 11) is 1.52. The molecular weight excluding hydrogens is 282 g/mol. The van der Waals surface area contributed by atoms with Gasteiger partial charge < -0.3 is 14.2 Å². The van der Waals surface area contributed by atoms with Crippen molar-refractivity contribution in [2.24, 2.45) is 0 Å². The Morgan fingerprint density at radius 3 is 2.68 bits per heavy atom. The third-order valence-corrected chi connectivity index (χ3v) is 2.54. The van der Waals surface area contributed by atoms with Crippen LogP contribution in [0.3, 0.4) is 0 Å². The Morgan fingerprint density at radius 2 is 2.14 bits per heavy atom. The van der Waals surface area contributed by atoms with Crippen molar-refractivity contribution in [2.45, 2.75) is 20.0 Å². The first-order valence-corrected chi connectivity index (χ1v) is 6.76. The molecule has 5 heteroatoms. The largest absolute Gasteiger partial charge is 0.493 e. The van der Waals surface area contributed by atoms with Crippen LogP contribution < -0.4 is 9.47 Å². The Morgan fingerprint density at radius 1 is 1.41 bits per heavy atom. The molecule has 0 amide bonds. The van der Waals surface area contributed by atoms with E-state index in [1.807, 2.05) is 6.07 Å². The summed E-state index contributed by atoms with van der Waals surface area (Å²) < 4.78 is 15.7. The molecule has 0 bridgehead atoms. The normalized spacial score (nSPS) is 10.8. The number of carbonyl (C=O) groups excluding carboxylic acids is 1. The van der Waals surface area contributed by atoms with Gasteiger partial charge in [-0.3, -0.25) is 0 Å². The molecule has 0 N–H and O–H groups in total. The fraction of sp³-hybridized carbons (Fsp3) is 0.294. The van der Waals surface area contributed by atoms with Gasteiger partial charge in [-0.1, -0.05) is 18.7 Å². The first-order chi connectivity index (χ1) is 10.5. The maximum atomic E-state index is 11.8. The van der Waals surface area contributed by atoms with Crippen LogP contribution in [-0.4, -0.2) is 25.8 Å². The minimum absolute atomic E-state index is 0.0736. The van der Waals surface area contributed by atoms with Crippen molar-refractivity contribution >= 4 is 12.0 Å². The number of nitriles is 1. The summed E-state index contributed by atoms with van der Waals surface area (Å²) >= 11 is 0. The first-order valence-electron chi connectivity index (χ1n) is 6.76. The molecule has 0 atom stereocenters. The lowest BCUT2D eigenvalue weighted by Gasteiger charge is -2.10. The first kappa shape index (κ1) is 17.3. The highest BCUT2D eigenvalue weighted by molar-refractivity contribution is 5.98. The maximum absolute atomic E-state index is 11.8. The van der Waals surface area contributed by atoms with E-state index in [2.05, 4.69) is 6.58 Å². The Balaban J connectivity index is 3.05. The summed E-state index contributed by atoms with van der Waals surface area (Å²) in [5.74, 6) is 0.413. The van der Waals surface area contributed by atoms with Crippen LogP contribution in [0.15, 0.2) is 36.4 Å². The predicted molar refractivity (Wildman–Crippen MR) is 83.5 cm³/mol. The lowest BCUT2D eigenvalue weighted by molar-refractivity contribution is -0.142. The smallest absolute Gasteiger partial charge is 0.349 e. The zero-order valence-electron chi connectivity index (χ0n) is 13.0. The Bertz CT molecular complexity index is 612. The fourth-order valence-electron chi connectivity index (χ4n) is 1.62. The topological polar surface area (TPSA) is 68.5 Å². The summed E-state index contributed by atoms with van der Waals surface area (Å²) in [4.78, 5) is 11.8. The van der Waals surface area contributed by atoms with E-state index in [1.165, 1.54) is 13.2 Å². The molecule has 0 aromatic heterocycles. The van der Waals surface area contributed by atoms with Crippen molar-refractivity contribution in [3.8, 4) is 17.6 Å². The van der Waals surface area contributed by atoms with Crippen LogP contribution >= 0.6 is 0 Å². The molecule has 0 saturated heterocycles. The van der Waals surface area contributed by atoms with Crippen LogP contribution in [-0.2, 0) is 9.53 Å². The Kier molecular flexibility index (Phi) is 6.71. The summed E-state index contributed by atoms with van der Waals surface area (Å²) in [6.07, 6.45) is 2.79. The molecule has 0 aliphatic rings. The van der Waals surface area contributed by atoms with Gasteiger partial charge in [0.1, 0.15) is 18.2 Å². The van der Waals surface area contributed by atoms with Crippen LogP contribution in [0.2, 0.25) is 0 Å². The second kappa shape index (κ2) is 8.53. The third kappa shape index (κ3) is 4.98. The van der Waals surface area contributed by atoms with Crippen LogP contribution in [0.1, 0.15) is 19.4 Å². The molecule has 0 unspecified atom stereocenters. The molecule has 1 aromatic rings. The Labute approximate surface area is 130 Å². The molecule has 0 saturated carbocycles. The predicted octanol–water partition coefficient (Wildman–Crippen LogP) is 3.12. The third-order valence-electron chi connectivity index (χ3n) is 2.54. The summed E-state index contributed by atoms with van der Waals surface area (Å²) in [5, 5.41) is 9.08. The highest BCUT2D eigenvalue weighted by Gasteiger charge is 2.13. The number of hydrogen-bond acceptors (Lipinski definition) is 5.